The summed E-state index contributed by atoms with van der Waals surface area (Å²) in [5, 5.41) is 8.95. The molecule has 0 bridgehead atoms. The molecule has 0 aromatic heterocycles. The Bertz CT molecular complexity index is 1310. The molecule has 1 amide bonds. The van der Waals surface area contributed by atoms with Crippen molar-refractivity contribution in [2.75, 3.05) is 30.9 Å². The third kappa shape index (κ3) is 6.27. The molecule has 1 fully saturated rings. The van der Waals surface area contributed by atoms with E-state index < -0.39 is 10.0 Å². The summed E-state index contributed by atoms with van der Waals surface area (Å²) in [4.78, 5) is 17.3. The quantitative estimate of drug-likeness (QED) is 0.566. The van der Waals surface area contributed by atoms with Crippen LogP contribution in [0.2, 0.25) is 0 Å². The number of rotatable bonds is 6. The molecule has 35 heavy (non-hydrogen) atoms. The van der Waals surface area contributed by atoms with Crippen molar-refractivity contribution in [3.63, 3.8) is 0 Å². The van der Waals surface area contributed by atoms with Crippen LogP contribution in [0.4, 0.5) is 5.69 Å². The highest BCUT2D eigenvalue weighted by atomic mass is 32.2. The minimum Gasteiger partial charge on any atom is -0.337 e. The van der Waals surface area contributed by atoms with Gasteiger partial charge in [0.25, 0.3) is 15.9 Å². The molecule has 1 aliphatic rings. The largest absolute Gasteiger partial charge is 0.337 e. The van der Waals surface area contributed by atoms with Crippen LogP contribution < -0.4 is 4.72 Å². The third-order valence-corrected chi connectivity index (χ3v) is 7.48. The predicted octanol–water partition coefficient (Wildman–Crippen LogP) is 4.02. The number of nitrogens with zero attached hydrogens (tertiary/aromatic N) is 3. The zero-order chi connectivity index (χ0) is 24.8. The number of sulfonamides is 1. The lowest BCUT2D eigenvalue weighted by Gasteiger charge is -2.22. The maximum Gasteiger partial charge on any atom is 0.261 e. The number of hydrogen-bond acceptors (Lipinski definition) is 5. The highest BCUT2D eigenvalue weighted by Crippen LogP contribution is 2.19. The SMILES string of the molecule is Cc1ccc(NS(=O)(=O)c2ccc(C(=O)N3CCCN(Cc4ccc(C#N)cc4)CC3)cc2)cc1. The van der Waals surface area contributed by atoms with Crippen LogP contribution >= 0.6 is 0 Å². The van der Waals surface area contributed by atoms with Gasteiger partial charge in [-0.05, 0) is 67.4 Å². The number of aryl methyl sites for hydroxylation is 1. The van der Waals surface area contributed by atoms with Crippen molar-refractivity contribution >= 4 is 21.6 Å². The lowest BCUT2D eigenvalue weighted by molar-refractivity contribution is 0.0761. The maximum atomic E-state index is 13.1. The lowest BCUT2D eigenvalue weighted by atomic mass is 10.1. The van der Waals surface area contributed by atoms with E-state index in [1.165, 1.54) is 12.1 Å². The van der Waals surface area contributed by atoms with Crippen LogP contribution in [0.5, 0.6) is 0 Å². The number of hydrogen-bond donors (Lipinski definition) is 1. The highest BCUT2D eigenvalue weighted by Gasteiger charge is 2.21. The van der Waals surface area contributed by atoms with Crippen LogP contribution in [0.1, 0.15) is 33.5 Å². The number of nitrogens with one attached hydrogen (secondary N) is 1. The van der Waals surface area contributed by atoms with E-state index in [9.17, 15) is 13.2 Å². The Kier molecular flexibility index (Phi) is 7.49. The van der Waals surface area contributed by atoms with Gasteiger partial charge in [0, 0.05) is 44.0 Å². The summed E-state index contributed by atoms with van der Waals surface area (Å²) < 4.78 is 28.0. The fourth-order valence-corrected chi connectivity index (χ4v) is 5.13. The van der Waals surface area contributed by atoms with Gasteiger partial charge in [0.1, 0.15) is 0 Å². The van der Waals surface area contributed by atoms with E-state index in [2.05, 4.69) is 15.7 Å². The van der Waals surface area contributed by atoms with Gasteiger partial charge >= 0.3 is 0 Å². The van der Waals surface area contributed by atoms with Gasteiger partial charge in [-0.25, -0.2) is 8.42 Å². The number of nitriles is 1. The summed E-state index contributed by atoms with van der Waals surface area (Å²) in [7, 11) is -3.74. The van der Waals surface area contributed by atoms with Gasteiger partial charge in [-0.15, -0.1) is 0 Å². The predicted molar refractivity (Wildman–Crippen MR) is 135 cm³/mol. The number of carbonyl (C=O) groups is 1. The summed E-state index contributed by atoms with van der Waals surface area (Å²) in [5.41, 5.74) is 3.79. The maximum absolute atomic E-state index is 13.1. The molecule has 3 aromatic carbocycles. The standard InChI is InChI=1S/C27H28N4O3S/c1-21-3-11-25(12-4-21)29-35(33,34)26-13-9-24(10-14-26)27(32)31-16-2-15-30(17-18-31)20-23-7-5-22(19-28)6-8-23/h3-14,29H,2,15-18,20H2,1H3. The Morgan fingerprint density at radius 2 is 1.60 bits per heavy atom. The van der Waals surface area contributed by atoms with Crippen molar-refractivity contribution in [1.29, 1.82) is 5.26 Å². The van der Waals surface area contributed by atoms with E-state index in [0.29, 0.717) is 29.9 Å². The number of carbonyl (C=O) groups excluding carboxylic acids is 1. The van der Waals surface area contributed by atoms with Crippen molar-refractivity contribution in [1.82, 2.24) is 9.80 Å². The summed E-state index contributed by atoms with van der Waals surface area (Å²) in [6, 6.07) is 22.9. The van der Waals surface area contributed by atoms with Crippen molar-refractivity contribution in [2.45, 2.75) is 24.8 Å². The number of anilines is 1. The van der Waals surface area contributed by atoms with Gasteiger partial charge in [0.05, 0.1) is 16.5 Å². The first-order valence-electron chi connectivity index (χ1n) is 11.5. The Hall–Kier alpha value is -3.67. The van der Waals surface area contributed by atoms with Gasteiger partial charge in [-0.2, -0.15) is 5.26 Å². The molecule has 1 aliphatic heterocycles. The monoisotopic (exact) mass is 488 g/mol. The van der Waals surface area contributed by atoms with E-state index >= 15 is 0 Å². The number of amides is 1. The topological polar surface area (TPSA) is 93.5 Å². The van der Waals surface area contributed by atoms with Gasteiger partial charge in [0.2, 0.25) is 0 Å². The van der Waals surface area contributed by atoms with Crippen LogP contribution in [0, 0.1) is 18.3 Å². The molecular formula is C27H28N4O3S. The molecule has 1 saturated heterocycles. The normalized spacial score (nSPS) is 14.7. The minimum absolute atomic E-state index is 0.0966. The molecule has 0 saturated carbocycles. The van der Waals surface area contributed by atoms with Crippen molar-refractivity contribution in [2.24, 2.45) is 0 Å². The van der Waals surface area contributed by atoms with Crippen molar-refractivity contribution in [3.8, 4) is 6.07 Å². The molecule has 0 unspecified atom stereocenters. The van der Waals surface area contributed by atoms with E-state index in [1.807, 2.05) is 48.2 Å². The second-order valence-corrected chi connectivity index (χ2v) is 10.4. The third-order valence-electron chi connectivity index (χ3n) is 6.08. The Morgan fingerprint density at radius 3 is 2.26 bits per heavy atom. The second-order valence-electron chi connectivity index (χ2n) is 8.73. The molecule has 3 aromatic rings. The van der Waals surface area contributed by atoms with Crippen LogP contribution in [0.15, 0.2) is 77.7 Å². The van der Waals surface area contributed by atoms with Crippen molar-refractivity contribution < 1.29 is 13.2 Å². The average Bonchev–Trinajstić information content (AvgIpc) is 3.11. The molecule has 8 heteroatoms. The molecule has 1 heterocycles. The summed E-state index contributed by atoms with van der Waals surface area (Å²) >= 11 is 0. The summed E-state index contributed by atoms with van der Waals surface area (Å²) in [6.45, 7) is 5.59. The molecule has 0 atom stereocenters. The zero-order valence-corrected chi connectivity index (χ0v) is 20.5. The minimum atomic E-state index is -3.74. The highest BCUT2D eigenvalue weighted by molar-refractivity contribution is 7.92. The Labute approximate surface area is 206 Å². The molecule has 4 rings (SSSR count). The first-order chi connectivity index (χ1) is 16.8. The molecule has 0 radical (unpaired) electrons. The fourth-order valence-electron chi connectivity index (χ4n) is 4.07. The molecule has 0 spiro atoms. The van der Waals surface area contributed by atoms with E-state index in [-0.39, 0.29) is 10.8 Å². The van der Waals surface area contributed by atoms with Crippen LogP contribution in [-0.4, -0.2) is 50.3 Å². The first-order valence-corrected chi connectivity index (χ1v) is 13.0. The second kappa shape index (κ2) is 10.7. The van der Waals surface area contributed by atoms with Crippen molar-refractivity contribution in [3.05, 3.63) is 95.1 Å². The van der Waals surface area contributed by atoms with Crippen LogP contribution in [0.25, 0.3) is 0 Å². The Morgan fingerprint density at radius 1 is 0.914 bits per heavy atom. The first kappa shape index (κ1) is 24.5. The van der Waals surface area contributed by atoms with Crippen LogP contribution in [-0.2, 0) is 16.6 Å². The average molecular weight is 489 g/mol. The molecule has 1 N–H and O–H groups in total. The van der Waals surface area contributed by atoms with Gasteiger partial charge in [-0.1, -0.05) is 29.8 Å². The fraction of sp³-hybridized carbons (Fsp3) is 0.259. The van der Waals surface area contributed by atoms with E-state index in [1.54, 1.807) is 24.3 Å². The van der Waals surface area contributed by atoms with Gasteiger partial charge in [0.15, 0.2) is 0 Å². The van der Waals surface area contributed by atoms with E-state index in [0.717, 1.165) is 37.2 Å². The summed E-state index contributed by atoms with van der Waals surface area (Å²) in [5.74, 6) is -0.0966. The van der Waals surface area contributed by atoms with Crippen LogP contribution in [0.3, 0.4) is 0 Å². The van der Waals surface area contributed by atoms with E-state index in [4.69, 9.17) is 5.26 Å². The molecular weight excluding hydrogens is 460 g/mol. The summed E-state index contributed by atoms with van der Waals surface area (Å²) in [6.07, 6.45) is 0.856. The Balaban J connectivity index is 1.36. The zero-order valence-electron chi connectivity index (χ0n) is 19.6. The lowest BCUT2D eigenvalue weighted by Crippen LogP contribution is -2.35. The smallest absolute Gasteiger partial charge is 0.261 e. The van der Waals surface area contributed by atoms with Gasteiger partial charge in [-0.3, -0.25) is 14.4 Å². The number of benzene rings is 3. The molecule has 7 nitrogen and oxygen atoms in total. The van der Waals surface area contributed by atoms with Gasteiger partial charge < -0.3 is 4.90 Å². The molecule has 0 aliphatic carbocycles. The molecule has 180 valence electrons.